The molecule has 0 saturated carbocycles. The van der Waals surface area contributed by atoms with E-state index in [1.807, 2.05) is 24.3 Å². The highest BCUT2D eigenvalue weighted by Crippen LogP contribution is 2.24. The van der Waals surface area contributed by atoms with E-state index in [-0.39, 0.29) is 0 Å². The van der Waals surface area contributed by atoms with Gasteiger partial charge in [-0.25, -0.2) is 0 Å². The number of rotatable bonds is 2. The van der Waals surface area contributed by atoms with E-state index >= 15 is 0 Å². The number of amides is 2. The second-order valence-corrected chi connectivity index (χ2v) is 6.67. The lowest BCUT2D eigenvalue weighted by Crippen LogP contribution is -2.37. The Kier molecular flexibility index (Phi) is 4.84. The number of carbonyl (C=O) groups is 2. The summed E-state index contributed by atoms with van der Waals surface area (Å²) in [5.41, 5.74) is 1.86. The van der Waals surface area contributed by atoms with Gasteiger partial charge < -0.3 is 15.1 Å². The van der Waals surface area contributed by atoms with Gasteiger partial charge in [-0.15, -0.1) is 0 Å². The summed E-state index contributed by atoms with van der Waals surface area (Å²) in [6.45, 7) is 5.85. The number of carbonyl (C=O) groups excluding carboxylic acids is 2. The van der Waals surface area contributed by atoms with Gasteiger partial charge in [-0.05, 0) is 55.9 Å². The smallest absolute Gasteiger partial charge is 0.313 e. The molecule has 1 N–H and O–H groups in total. The summed E-state index contributed by atoms with van der Waals surface area (Å²) in [6.07, 6.45) is 4.43. The van der Waals surface area contributed by atoms with Crippen LogP contribution in [0.1, 0.15) is 32.6 Å². The van der Waals surface area contributed by atoms with Crippen molar-refractivity contribution < 1.29 is 9.59 Å². The standard InChI is InChI=1S/C18H25N3O2/c1-14-8-12-20(13-9-14)16-6-4-15(5-7-16)19-17(22)18(23)21-10-2-3-11-21/h4-7,14H,2-3,8-13H2,1H3,(H,19,22). The highest BCUT2D eigenvalue weighted by Gasteiger charge is 2.24. The quantitative estimate of drug-likeness (QED) is 0.853. The van der Waals surface area contributed by atoms with Crippen LogP contribution in [0, 0.1) is 5.92 Å². The number of piperidine rings is 1. The van der Waals surface area contributed by atoms with Crippen LogP contribution in [0.3, 0.4) is 0 Å². The molecule has 2 heterocycles. The number of likely N-dealkylation sites (tertiary alicyclic amines) is 1. The largest absolute Gasteiger partial charge is 0.372 e. The van der Waals surface area contributed by atoms with Gasteiger partial charge in [-0.1, -0.05) is 6.92 Å². The maximum atomic E-state index is 12.0. The summed E-state index contributed by atoms with van der Waals surface area (Å²) in [5.74, 6) is -0.149. The Bertz CT molecular complexity index is 556. The molecule has 0 aromatic heterocycles. The van der Waals surface area contributed by atoms with Crippen molar-refractivity contribution in [2.75, 3.05) is 36.4 Å². The van der Waals surface area contributed by atoms with Crippen molar-refractivity contribution in [2.24, 2.45) is 5.92 Å². The van der Waals surface area contributed by atoms with E-state index in [4.69, 9.17) is 0 Å². The first kappa shape index (κ1) is 15.8. The fraction of sp³-hybridized carbons (Fsp3) is 0.556. The molecule has 124 valence electrons. The molecule has 5 heteroatoms. The Labute approximate surface area is 137 Å². The van der Waals surface area contributed by atoms with Gasteiger partial charge in [0.1, 0.15) is 0 Å². The zero-order valence-electron chi connectivity index (χ0n) is 13.8. The second kappa shape index (κ2) is 7.02. The molecule has 0 radical (unpaired) electrons. The van der Waals surface area contributed by atoms with E-state index in [9.17, 15) is 9.59 Å². The van der Waals surface area contributed by atoms with Crippen molar-refractivity contribution in [3.05, 3.63) is 24.3 Å². The summed E-state index contributed by atoms with van der Waals surface area (Å²) < 4.78 is 0. The van der Waals surface area contributed by atoms with Crippen LogP contribution in [0.4, 0.5) is 11.4 Å². The normalized spacial score (nSPS) is 19.0. The minimum Gasteiger partial charge on any atom is -0.372 e. The summed E-state index contributed by atoms with van der Waals surface area (Å²) in [4.78, 5) is 28.0. The van der Waals surface area contributed by atoms with Crippen LogP contribution in [-0.2, 0) is 9.59 Å². The van der Waals surface area contributed by atoms with Gasteiger partial charge in [0.2, 0.25) is 0 Å². The Morgan fingerprint density at radius 1 is 1.00 bits per heavy atom. The van der Waals surface area contributed by atoms with Gasteiger partial charge in [-0.2, -0.15) is 0 Å². The molecule has 2 fully saturated rings. The molecule has 0 atom stereocenters. The van der Waals surface area contributed by atoms with Gasteiger partial charge >= 0.3 is 11.8 Å². The van der Waals surface area contributed by atoms with E-state index in [1.165, 1.54) is 18.5 Å². The first-order valence-electron chi connectivity index (χ1n) is 8.59. The molecule has 5 nitrogen and oxygen atoms in total. The lowest BCUT2D eigenvalue weighted by atomic mass is 9.99. The molecule has 3 rings (SSSR count). The fourth-order valence-corrected chi connectivity index (χ4v) is 3.27. The Hall–Kier alpha value is -2.04. The minimum atomic E-state index is -0.536. The maximum absolute atomic E-state index is 12.0. The molecule has 2 saturated heterocycles. The van der Waals surface area contributed by atoms with Crippen molar-refractivity contribution in [1.29, 1.82) is 0 Å². The molecule has 0 spiro atoms. The van der Waals surface area contributed by atoms with Crippen LogP contribution < -0.4 is 10.2 Å². The maximum Gasteiger partial charge on any atom is 0.313 e. The minimum absolute atomic E-state index is 0.420. The molecule has 2 aliphatic heterocycles. The monoisotopic (exact) mass is 315 g/mol. The van der Waals surface area contributed by atoms with E-state index in [0.29, 0.717) is 18.8 Å². The van der Waals surface area contributed by atoms with E-state index in [1.54, 1.807) is 4.90 Å². The number of benzene rings is 1. The first-order valence-corrected chi connectivity index (χ1v) is 8.59. The van der Waals surface area contributed by atoms with Gasteiger partial charge in [0.05, 0.1) is 0 Å². The molecular formula is C18H25N3O2. The number of anilines is 2. The Morgan fingerprint density at radius 3 is 2.22 bits per heavy atom. The lowest BCUT2D eigenvalue weighted by Gasteiger charge is -2.32. The van der Waals surface area contributed by atoms with Gasteiger partial charge in [0, 0.05) is 37.6 Å². The predicted octanol–water partition coefficient (Wildman–Crippen LogP) is 2.48. The molecule has 2 aliphatic rings. The molecule has 0 unspecified atom stereocenters. The molecule has 1 aromatic carbocycles. The summed E-state index contributed by atoms with van der Waals surface area (Å²) in [7, 11) is 0. The summed E-state index contributed by atoms with van der Waals surface area (Å²) >= 11 is 0. The molecule has 0 aliphatic carbocycles. The summed E-state index contributed by atoms with van der Waals surface area (Å²) in [5, 5.41) is 2.71. The third-order valence-electron chi connectivity index (χ3n) is 4.86. The van der Waals surface area contributed by atoms with Gasteiger partial charge in [0.15, 0.2) is 0 Å². The van der Waals surface area contributed by atoms with Crippen LogP contribution in [0.2, 0.25) is 0 Å². The average molecular weight is 315 g/mol. The van der Waals surface area contributed by atoms with Crippen molar-refractivity contribution in [1.82, 2.24) is 4.90 Å². The Balaban J connectivity index is 1.56. The van der Waals surface area contributed by atoms with Gasteiger partial charge in [-0.3, -0.25) is 9.59 Å². The number of nitrogens with zero attached hydrogens (tertiary/aromatic N) is 2. The average Bonchev–Trinajstić information content (AvgIpc) is 3.10. The molecule has 0 bridgehead atoms. The number of hydrogen-bond donors (Lipinski definition) is 1. The summed E-state index contributed by atoms with van der Waals surface area (Å²) in [6, 6.07) is 7.79. The highest BCUT2D eigenvalue weighted by molar-refractivity contribution is 6.39. The van der Waals surface area contributed by atoms with Crippen LogP contribution in [0.15, 0.2) is 24.3 Å². The van der Waals surface area contributed by atoms with Crippen LogP contribution in [0.25, 0.3) is 0 Å². The predicted molar refractivity (Wildman–Crippen MR) is 91.5 cm³/mol. The molecule has 2 amide bonds. The number of hydrogen-bond acceptors (Lipinski definition) is 3. The van der Waals surface area contributed by atoms with Crippen molar-refractivity contribution in [3.8, 4) is 0 Å². The first-order chi connectivity index (χ1) is 11.1. The zero-order chi connectivity index (χ0) is 16.2. The third-order valence-corrected chi connectivity index (χ3v) is 4.86. The second-order valence-electron chi connectivity index (χ2n) is 6.67. The van der Waals surface area contributed by atoms with Crippen LogP contribution >= 0.6 is 0 Å². The van der Waals surface area contributed by atoms with Crippen LogP contribution in [0.5, 0.6) is 0 Å². The lowest BCUT2D eigenvalue weighted by molar-refractivity contribution is -0.142. The van der Waals surface area contributed by atoms with E-state index in [2.05, 4.69) is 17.1 Å². The molecular weight excluding hydrogens is 290 g/mol. The van der Waals surface area contributed by atoms with E-state index < -0.39 is 11.8 Å². The highest BCUT2D eigenvalue weighted by atomic mass is 16.2. The topological polar surface area (TPSA) is 52.7 Å². The van der Waals surface area contributed by atoms with E-state index in [0.717, 1.165) is 31.8 Å². The SMILES string of the molecule is CC1CCN(c2ccc(NC(=O)C(=O)N3CCCC3)cc2)CC1. The Morgan fingerprint density at radius 2 is 1.61 bits per heavy atom. The fourth-order valence-electron chi connectivity index (χ4n) is 3.27. The molecule has 23 heavy (non-hydrogen) atoms. The zero-order valence-corrected chi connectivity index (χ0v) is 13.8. The van der Waals surface area contributed by atoms with Gasteiger partial charge in [0.25, 0.3) is 0 Å². The molecule has 1 aromatic rings. The van der Waals surface area contributed by atoms with Crippen molar-refractivity contribution in [2.45, 2.75) is 32.6 Å². The van der Waals surface area contributed by atoms with Crippen molar-refractivity contribution >= 4 is 23.2 Å². The van der Waals surface area contributed by atoms with Crippen molar-refractivity contribution in [3.63, 3.8) is 0 Å². The number of nitrogens with one attached hydrogen (secondary N) is 1. The third kappa shape index (κ3) is 3.84. The van der Waals surface area contributed by atoms with Crippen LogP contribution in [-0.4, -0.2) is 42.9 Å².